The minimum atomic E-state index is -1.07. The highest BCUT2D eigenvalue weighted by atomic mass is 35.5. The van der Waals surface area contributed by atoms with Crippen molar-refractivity contribution in [2.45, 2.75) is 0 Å². The first-order valence-corrected chi connectivity index (χ1v) is 4.55. The van der Waals surface area contributed by atoms with E-state index in [4.69, 9.17) is 22.2 Å². The van der Waals surface area contributed by atoms with Gasteiger partial charge in [-0.1, -0.05) is 28.6 Å². The van der Waals surface area contributed by atoms with Crippen molar-refractivity contribution in [1.29, 1.82) is 0 Å². The lowest BCUT2D eigenvalue weighted by atomic mass is 10.1. The van der Waals surface area contributed by atoms with E-state index in [1.54, 1.807) is 0 Å². The van der Waals surface area contributed by atoms with E-state index in [0.717, 1.165) is 0 Å². The van der Waals surface area contributed by atoms with Crippen molar-refractivity contribution in [3.8, 4) is 11.8 Å². The first kappa shape index (κ1) is 11.9. The normalized spacial score (nSPS) is 8.56. The SMILES string of the molecule is [N-]=[N+]=NCC#Cc1cc(Cl)cc(C(=O)O)c1. The average molecular weight is 236 g/mol. The van der Waals surface area contributed by atoms with Crippen LogP contribution in [0.2, 0.25) is 5.02 Å². The van der Waals surface area contributed by atoms with Gasteiger partial charge in [0, 0.05) is 15.5 Å². The van der Waals surface area contributed by atoms with E-state index < -0.39 is 5.97 Å². The molecular formula is C10H6ClN3O2. The maximum absolute atomic E-state index is 10.7. The second-order valence-corrected chi connectivity index (χ2v) is 3.16. The molecule has 16 heavy (non-hydrogen) atoms. The molecular weight excluding hydrogens is 230 g/mol. The number of hydrogen-bond donors (Lipinski definition) is 1. The summed E-state index contributed by atoms with van der Waals surface area (Å²) in [7, 11) is 0. The Balaban J connectivity index is 2.99. The molecule has 0 radical (unpaired) electrons. The summed E-state index contributed by atoms with van der Waals surface area (Å²) in [6.07, 6.45) is 0. The predicted octanol–water partition coefficient (Wildman–Crippen LogP) is 2.70. The van der Waals surface area contributed by atoms with Crippen LogP contribution in [0.1, 0.15) is 15.9 Å². The summed E-state index contributed by atoms with van der Waals surface area (Å²) < 4.78 is 0. The summed E-state index contributed by atoms with van der Waals surface area (Å²) >= 11 is 5.72. The van der Waals surface area contributed by atoms with Crippen LogP contribution in [0.25, 0.3) is 10.4 Å². The smallest absolute Gasteiger partial charge is 0.335 e. The Hall–Kier alpha value is -2.15. The van der Waals surface area contributed by atoms with Gasteiger partial charge < -0.3 is 5.11 Å². The van der Waals surface area contributed by atoms with Gasteiger partial charge in [0.25, 0.3) is 0 Å². The lowest BCUT2D eigenvalue weighted by Gasteiger charge is -1.97. The van der Waals surface area contributed by atoms with Gasteiger partial charge in [0.2, 0.25) is 0 Å². The molecule has 0 heterocycles. The van der Waals surface area contributed by atoms with Crippen LogP contribution in [0.15, 0.2) is 23.3 Å². The van der Waals surface area contributed by atoms with Crippen LogP contribution in [0.3, 0.4) is 0 Å². The zero-order chi connectivity index (χ0) is 12.0. The van der Waals surface area contributed by atoms with Crippen LogP contribution in [0.4, 0.5) is 0 Å². The average Bonchev–Trinajstić information content (AvgIpc) is 2.23. The molecule has 0 aliphatic carbocycles. The zero-order valence-electron chi connectivity index (χ0n) is 8.01. The summed E-state index contributed by atoms with van der Waals surface area (Å²) in [6, 6.07) is 4.27. The molecule has 0 spiro atoms. The van der Waals surface area contributed by atoms with E-state index >= 15 is 0 Å². The maximum Gasteiger partial charge on any atom is 0.335 e. The van der Waals surface area contributed by atoms with Crippen molar-refractivity contribution in [2.24, 2.45) is 5.11 Å². The Labute approximate surface area is 96.3 Å². The molecule has 80 valence electrons. The minimum absolute atomic E-state index is 0.0332. The monoisotopic (exact) mass is 235 g/mol. The van der Waals surface area contributed by atoms with Crippen LogP contribution in [-0.2, 0) is 0 Å². The Kier molecular flexibility index (Phi) is 4.22. The number of rotatable bonds is 2. The van der Waals surface area contributed by atoms with Gasteiger partial charge in [0.1, 0.15) is 0 Å². The summed E-state index contributed by atoms with van der Waals surface area (Å²) in [5, 5.41) is 12.3. The molecule has 0 saturated carbocycles. The first-order chi connectivity index (χ1) is 7.63. The van der Waals surface area contributed by atoms with E-state index in [1.165, 1.54) is 18.2 Å². The molecule has 0 bridgehead atoms. The van der Waals surface area contributed by atoms with Crippen LogP contribution in [0, 0.1) is 11.8 Å². The van der Waals surface area contributed by atoms with Crippen LogP contribution >= 0.6 is 11.6 Å². The molecule has 1 N–H and O–H groups in total. The molecule has 0 fully saturated rings. The predicted molar refractivity (Wildman–Crippen MR) is 59.3 cm³/mol. The van der Waals surface area contributed by atoms with E-state index in [2.05, 4.69) is 21.9 Å². The highest BCUT2D eigenvalue weighted by Gasteiger charge is 2.04. The topological polar surface area (TPSA) is 86.1 Å². The van der Waals surface area contributed by atoms with E-state index in [0.29, 0.717) is 10.6 Å². The second kappa shape index (κ2) is 5.66. The number of azide groups is 1. The fourth-order valence-electron chi connectivity index (χ4n) is 0.994. The molecule has 1 aromatic rings. The van der Waals surface area contributed by atoms with Crippen LogP contribution < -0.4 is 0 Å². The van der Waals surface area contributed by atoms with Gasteiger partial charge in [-0.15, -0.1) is 0 Å². The number of carbonyl (C=O) groups is 1. The molecule has 1 aromatic carbocycles. The largest absolute Gasteiger partial charge is 0.478 e. The van der Waals surface area contributed by atoms with Gasteiger partial charge in [-0.2, -0.15) is 0 Å². The molecule has 0 aromatic heterocycles. The van der Waals surface area contributed by atoms with Gasteiger partial charge in [-0.3, -0.25) is 0 Å². The van der Waals surface area contributed by atoms with Crippen molar-refractivity contribution in [3.05, 3.63) is 44.8 Å². The molecule has 0 atom stereocenters. The number of benzene rings is 1. The molecule has 0 saturated heterocycles. The van der Waals surface area contributed by atoms with Crippen molar-refractivity contribution < 1.29 is 9.90 Å². The Morgan fingerprint density at radius 3 is 2.94 bits per heavy atom. The highest BCUT2D eigenvalue weighted by molar-refractivity contribution is 6.31. The number of nitrogens with zero attached hydrogens (tertiary/aromatic N) is 3. The van der Waals surface area contributed by atoms with Gasteiger partial charge in [-0.05, 0) is 23.7 Å². The molecule has 6 heteroatoms. The van der Waals surface area contributed by atoms with Crippen molar-refractivity contribution in [2.75, 3.05) is 6.54 Å². The third-order valence-corrected chi connectivity index (χ3v) is 1.81. The summed E-state index contributed by atoms with van der Waals surface area (Å²) in [4.78, 5) is 13.2. The van der Waals surface area contributed by atoms with Crippen molar-refractivity contribution in [1.82, 2.24) is 0 Å². The zero-order valence-corrected chi connectivity index (χ0v) is 8.77. The maximum atomic E-state index is 10.7. The standard InChI is InChI=1S/C10H6ClN3O2/c11-9-5-7(2-1-3-13-14-12)4-8(6-9)10(15)16/h4-6H,3H2,(H,15,16). The first-order valence-electron chi connectivity index (χ1n) is 4.17. The molecule has 0 aliphatic heterocycles. The summed E-state index contributed by atoms with van der Waals surface area (Å²) in [5.41, 5.74) is 8.56. The lowest BCUT2D eigenvalue weighted by Crippen LogP contribution is -1.96. The third kappa shape index (κ3) is 3.54. The van der Waals surface area contributed by atoms with Crippen molar-refractivity contribution in [3.63, 3.8) is 0 Å². The lowest BCUT2D eigenvalue weighted by molar-refractivity contribution is 0.0697. The van der Waals surface area contributed by atoms with Gasteiger partial charge >= 0.3 is 5.97 Å². The minimum Gasteiger partial charge on any atom is -0.478 e. The van der Waals surface area contributed by atoms with Crippen molar-refractivity contribution >= 4 is 17.6 Å². The molecule has 0 unspecified atom stereocenters. The van der Waals surface area contributed by atoms with Crippen LogP contribution in [-0.4, -0.2) is 17.6 Å². The van der Waals surface area contributed by atoms with E-state index in [-0.39, 0.29) is 12.1 Å². The third-order valence-electron chi connectivity index (χ3n) is 1.59. The fourth-order valence-corrected chi connectivity index (χ4v) is 1.23. The highest BCUT2D eigenvalue weighted by Crippen LogP contribution is 2.14. The van der Waals surface area contributed by atoms with E-state index in [9.17, 15) is 4.79 Å². The molecule has 0 amide bonds. The Morgan fingerprint density at radius 1 is 1.56 bits per heavy atom. The molecule has 5 nitrogen and oxygen atoms in total. The van der Waals surface area contributed by atoms with Gasteiger partial charge in [0.05, 0.1) is 12.1 Å². The second-order valence-electron chi connectivity index (χ2n) is 2.72. The number of carboxylic acid groups (broad SMARTS) is 1. The summed E-state index contributed by atoms with van der Waals surface area (Å²) in [6.45, 7) is 0.0332. The van der Waals surface area contributed by atoms with Crippen LogP contribution in [0.5, 0.6) is 0 Å². The fraction of sp³-hybridized carbons (Fsp3) is 0.100. The Morgan fingerprint density at radius 2 is 2.31 bits per heavy atom. The number of halogens is 1. The van der Waals surface area contributed by atoms with Gasteiger partial charge in [-0.25, -0.2) is 4.79 Å². The Bertz CT molecular complexity index is 525. The van der Waals surface area contributed by atoms with E-state index in [1.807, 2.05) is 0 Å². The quantitative estimate of drug-likeness (QED) is 0.370. The summed E-state index contributed by atoms with van der Waals surface area (Å²) in [5.74, 6) is 4.16. The number of hydrogen-bond acceptors (Lipinski definition) is 2. The molecule has 0 aliphatic rings. The molecule has 1 rings (SSSR count). The number of aromatic carboxylic acids is 1. The number of carboxylic acids is 1. The van der Waals surface area contributed by atoms with Gasteiger partial charge in [0.15, 0.2) is 0 Å².